The Morgan fingerprint density at radius 1 is 0.806 bits per heavy atom. The van der Waals surface area contributed by atoms with Crippen LogP contribution in [0, 0.1) is 5.82 Å². The molecule has 0 aliphatic carbocycles. The third kappa shape index (κ3) is 3.65. The van der Waals surface area contributed by atoms with Crippen molar-refractivity contribution in [1.29, 1.82) is 0 Å². The van der Waals surface area contributed by atoms with Crippen LogP contribution < -0.4 is 0 Å². The number of nitrogens with zero attached hydrogens (tertiary/aromatic N) is 1. The number of hydroxylamine groups is 2. The number of imide groups is 1. The fourth-order valence-corrected chi connectivity index (χ4v) is 3.12. The Bertz CT molecular complexity index is 1200. The van der Waals surface area contributed by atoms with Crippen molar-refractivity contribution in [2.45, 2.75) is 6.18 Å². The lowest BCUT2D eigenvalue weighted by Gasteiger charge is -2.13. The standard InChI is InChI=1S/C22H11F4NO4/c23-18-11-13(12-4-3-5-14(10-12)22(24,25)26)8-9-17(18)21(30)31-27-19(28)15-6-1-2-7-16(15)20(27)29/h1-11H. The van der Waals surface area contributed by atoms with Crippen LogP contribution in [-0.2, 0) is 11.0 Å². The molecule has 3 aromatic carbocycles. The molecule has 0 N–H and O–H groups in total. The maximum absolute atomic E-state index is 14.5. The summed E-state index contributed by atoms with van der Waals surface area (Å²) in [5.74, 6) is -4.12. The lowest BCUT2D eigenvalue weighted by atomic mass is 10.0. The van der Waals surface area contributed by atoms with E-state index >= 15 is 0 Å². The van der Waals surface area contributed by atoms with Crippen molar-refractivity contribution in [1.82, 2.24) is 5.06 Å². The maximum atomic E-state index is 14.5. The summed E-state index contributed by atoms with van der Waals surface area (Å²) in [5.41, 5.74) is -1.22. The van der Waals surface area contributed by atoms with Crippen LogP contribution >= 0.6 is 0 Å². The largest absolute Gasteiger partial charge is 0.416 e. The van der Waals surface area contributed by atoms with Crippen molar-refractivity contribution in [3.8, 4) is 11.1 Å². The molecule has 0 bridgehead atoms. The molecule has 2 amide bonds. The van der Waals surface area contributed by atoms with E-state index in [9.17, 15) is 31.9 Å². The van der Waals surface area contributed by atoms with Gasteiger partial charge in [0.25, 0.3) is 11.8 Å². The van der Waals surface area contributed by atoms with Gasteiger partial charge in [0.2, 0.25) is 0 Å². The number of carbonyl (C=O) groups excluding carboxylic acids is 3. The lowest BCUT2D eigenvalue weighted by Crippen LogP contribution is -2.33. The van der Waals surface area contributed by atoms with Gasteiger partial charge in [-0.25, -0.2) is 9.18 Å². The Hall–Kier alpha value is -4.01. The monoisotopic (exact) mass is 429 g/mol. The average Bonchev–Trinajstić information content (AvgIpc) is 2.98. The molecule has 1 heterocycles. The Balaban J connectivity index is 1.57. The highest BCUT2D eigenvalue weighted by atomic mass is 19.4. The number of halogens is 4. The zero-order chi connectivity index (χ0) is 22.3. The number of fused-ring (bicyclic) bond motifs is 1. The Labute approximate surface area is 172 Å². The molecule has 0 aromatic heterocycles. The molecule has 5 nitrogen and oxygen atoms in total. The molecule has 0 radical (unpaired) electrons. The van der Waals surface area contributed by atoms with Gasteiger partial charge >= 0.3 is 12.1 Å². The van der Waals surface area contributed by atoms with Gasteiger partial charge in [-0.2, -0.15) is 13.2 Å². The first-order chi connectivity index (χ1) is 14.7. The minimum atomic E-state index is -4.56. The zero-order valence-corrected chi connectivity index (χ0v) is 15.4. The van der Waals surface area contributed by atoms with E-state index in [1.165, 1.54) is 42.5 Å². The van der Waals surface area contributed by atoms with Crippen LogP contribution in [0.1, 0.15) is 36.6 Å². The number of carbonyl (C=O) groups is 3. The summed E-state index contributed by atoms with van der Waals surface area (Å²) >= 11 is 0. The number of rotatable bonds is 3. The van der Waals surface area contributed by atoms with Gasteiger partial charge in [0.1, 0.15) is 5.82 Å². The van der Waals surface area contributed by atoms with Crippen molar-refractivity contribution >= 4 is 17.8 Å². The summed E-state index contributed by atoms with van der Waals surface area (Å²) in [6, 6.07) is 13.2. The summed E-state index contributed by atoms with van der Waals surface area (Å²) in [5, 5.41) is 0.243. The molecule has 1 aliphatic rings. The summed E-state index contributed by atoms with van der Waals surface area (Å²) < 4.78 is 53.2. The fraction of sp³-hybridized carbons (Fsp3) is 0.0455. The average molecular weight is 429 g/mol. The second kappa shape index (κ2) is 7.35. The molecule has 9 heteroatoms. The van der Waals surface area contributed by atoms with Gasteiger partial charge in [-0.1, -0.05) is 35.4 Å². The lowest BCUT2D eigenvalue weighted by molar-refractivity contribution is -0.137. The van der Waals surface area contributed by atoms with Crippen molar-refractivity contribution in [3.63, 3.8) is 0 Å². The maximum Gasteiger partial charge on any atom is 0.416 e. The molecule has 156 valence electrons. The van der Waals surface area contributed by atoms with Gasteiger partial charge in [-0.05, 0) is 47.5 Å². The second-order valence-corrected chi connectivity index (χ2v) is 6.60. The van der Waals surface area contributed by atoms with E-state index in [2.05, 4.69) is 0 Å². The van der Waals surface area contributed by atoms with E-state index in [-0.39, 0.29) is 27.3 Å². The molecular weight excluding hydrogens is 418 g/mol. The van der Waals surface area contributed by atoms with Crippen molar-refractivity contribution < 1.29 is 36.8 Å². The van der Waals surface area contributed by atoms with Gasteiger partial charge in [-0.3, -0.25) is 9.59 Å². The number of amides is 2. The molecule has 31 heavy (non-hydrogen) atoms. The highest BCUT2D eigenvalue weighted by Crippen LogP contribution is 2.32. The number of benzene rings is 3. The predicted octanol–water partition coefficient (Wildman–Crippen LogP) is 4.88. The van der Waals surface area contributed by atoms with Crippen molar-refractivity contribution in [2.75, 3.05) is 0 Å². The number of alkyl halides is 3. The molecule has 0 spiro atoms. The molecule has 0 saturated carbocycles. The van der Waals surface area contributed by atoms with E-state index in [1.807, 2.05) is 0 Å². The van der Waals surface area contributed by atoms with E-state index in [0.29, 0.717) is 0 Å². The fourth-order valence-electron chi connectivity index (χ4n) is 3.12. The highest BCUT2D eigenvalue weighted by Gasteiger charge is 2.39. The zero-order valence-electron chi connectivity index (χ0n) is 15.4. The van der Waals surface area contributed by atoms with Gasteiger partial charge in [-0.15, -0.1) is 0 Å². The summed E-state index contributed by atoms with van der Waals surface area (Å²) in [4.78, 5) is 41.6. The molecule has 4 rings (SSSR count). The number of hydrogen-bond donors (Lipinski definition) is 0. The van der Waals surface area contributed by atoms with Crippen molar-refractivity contribution in [2.24, 2.45) is 0 Å². The first kappa shape index (κ1) is 20.3. The minimum Gasteiger partial charge on any atom is -0.324 e. The van der Waals surface area contributed by atoms with Crippen LogP contribution in [0.15, 0.2) is 66.7 Å². The first-order valence-electron chi connectivity index (χ1n) is 8.84. The Morgan fingerprint density at radius 3 is 2.00 bits per heavy atom. The Kier molecular flexibility index (Phi) is 4.81. The van der Waals surface area contributed by atoms with Crippen LogP contribution in [0.25, 0.3) is 11.1 Å². The normalized spacial score (nSPS) is 13.4. The predicted molar refractivity (Wildman–Crippen MR) is 99.2 cm³/mol. The van der Waals surface area contributed by atoms with Crippen LogP contribution in [0.3, 0.4) is 0 Å². The summed E-state index contributed by atoms with van der Waals surface area (Å²) in [6.45, 7) is 0. The third-order valence-electron chi connectivity index (χ3n) is 4.64. The molecule has 0 saturated heterocycles. The molecule has 0 fully saturated rings. The molecular formula is C22H11F4NO4. The minimum absolute atomic E-state index is 0.0423. The van der Waals surface area contributed by atoms with E-state index in [1.54, 1.807) is 0 Å². The van der Waals surface area contributed by atoms with E-state index in [0.717, 1.165) is 24.3 Å². The van der Waals surface area contributed by atoms with Gasteiger partial charge in [0.05, 0.1) is 22.3 Å². The van der Waals surface area contributed by atoms with Crippen molar-refractivity contribution in [3.05, 3.63) is 94.8 Å². The highest BCUT2D eigenvalue weighted by molar-refractivity contribution is 6.21. The quantitative estimate of drug-likeness (QED) is 0.440. The summed E-state index contributed by atoms with van der Waals surface area (Å²) in [7, 11) is 0. The third-order valence-corrected chi connectivity index (χ3v) is 4.64. The molecule has 3 aromatic rings. The SMILES string of the molecule is O=C(ON1C(=O)c2ccccc2C1=O)c1ccc(-c2cccc(C(F)(F)F)c2)cc1F. The van der Waals surface area contributed by atoms with E-state index < -0.39 is 40.9 Å². The van der Waals surface area contributed by atoms with Gasteiger partial charge in [0.15, 0.2) is 0 Å². The van der Waals surface area contributed by atoms with Crippen LogP contribution in [0.4, 0.5) is 17.6 Å². The van der Waals surface area contributed by atoms with Crippen LogP contribution in [0.2, 0.25) is 0 Å². The second-order valence-electron chi connectivity index (χ2n) is 6.60. The van der Waals surface area contributed by atoms with Crippen LogP contribution in [0.5, 0.6) is 0 Å². The van der Waals surface area contributed by atoms with Gasteiger partial charge < -0.3 is 4.84 Å². The van der Waals surface area contributed by atoms with E-state index in [4.69, 9.17) is 4.84 Å². The number of hydrogen-bond acceptors (Lipinski definition) is 4. The molecule has 0 atom stereocenters. The molecule has 1 aliphatic heterocycles. The topological polar surface area (TPSA) is 63.7 Å². The van der Waals surface area contributed by atoms with Crippen LogP contribution in [-0.4, -0.2) is 22.8 Å². The Morgan fingerprint density at radius 2 is 1.42 bits per heavy atom. The van der Waals surface area contributed by atoms with Gasteiger partial charge in [0, 0.05) is 0 Å². The first-order valence-corrected chi connectivity index (χ1v) is 8.84. The smallest absolute Gasteiger partial charge is 0.324 e. The molecule has 0 unspecified atom stereocenters. The summed E-state index contributed by atoms with van der Waals surface area (Å²) in [6.07, 6.45) is -4.56.